The Hall–Kier alpha value is -1.12. The van der Waals surface area contributed by atoms with Gasteiger partial charge in [-0.05, 0) is 24.8 Å². The quantitative estimate of drug-likeness (QED) is 0.383. The summed E-state index contributed by atoms with van der Waals surface area (Å²) in [7, 11) is 0. The van der Waals surface area contributed by atoms with E-state index in [9.17, 15) is 4.79 Å². The lowest BCUT2D eigenvalue weighted by Gasteiger charge is -2.35. The summed E-state index contributed by atoms with van der Waals surface area (Å²) in [4.78, 5) is 14.6. The normalized spacial score (nSPS) is 35.2. The monoisotopic (exact) mass is 469 g/mol. The van der Waals surface area contributed by atoms with E-state index in [0.29, 0.717) is 12.5 Å². The number of rotatable bonds is 4. The molecule has 0 aliphatic carbocycles. The molecule has 3 aliphatic rings. The number of ether oxygens (including phenoxy) is 3. The van der Waals surface area contributed by atoms with Gasteiger partial charge in [-0.2, -0.15) is 0 Å². The van der Waals surface area contributed by atoms with E-state index in [1.807, 2.05) is 35.2 Å². The molecule has 1 aromatic rings. The zero-order valence-corrected chi connectivity index (χ0v) is 17.0. The molecule has 4 rings (SSSR count). The fraction of sp³-hybridized carbons (Fsp3) is 0.550. The maximum atomic E-state index is 12.8. The zero-order chi connectivity index (χ0) is 18.3. The van der Waals surface area contributed by atoms with E-state index >= 15 is 0 Å². The first kappa shape index (κ1) is 18.3. The fourth-order valence-corrected chi connectivity index (χ4v) is 5.21. The average Bonchev–Trinajstić information content (AvgIpc) is 3.20. The summed E-state index contributed by atoms with van der Waals surface area (Å²) in [5.74, 6) is 0.600. The van der Waals surface area contributed by atoms with Crippen LogP contribution in [0.25, 0.3) is 0 Å². The first-order chi connectivity index (χ1) is 12.6. The molecule has 1 amide bonds. The van der Waals surface area contributed by atoms with Gasteiger partial charge in [0, 0.05) is 16.9 Å². The van der Waals surface area contributed by atoms with Crippen molar-refractivity contribution in [1.29, 1.82) is 0 Å². The molecule has 0 saturated carbocycles. The van der Waals surface area contributed by atoms with Crippen molar-refractivity contribution in [3.05, 3.63) is 48.0 Å². The van der Waals surface area contributed by atoms with Gasteiger partial charge in [-0.3, -0.25) is 4.90 Å². The Balaban J connectivity index is 1.50. The van der Waals surface area contributed by atoms with E-state index in [0.717, 1.165) is 22.0 Å². The van der Waals surface area contributed by atoms with Crippen molar-refractivity contribution < 1.29 is 19.0 Å². The molecular formula is C20H24INO4. The maximum absolute atomic E-state index is 12.8. The Kier molecular flexibility index (Phi) is 5.25. The number of nitrogens with zero attached hydrogens (tertiary/aromatic N) is 1. The number of benzene rings is 1. The van der Waals surface area contributed by atoms with Crippen LogP contribution in [0.3, 0.4) is 0 Å². The number of carbonyl (C=O) groups is 1. The van der Waals surface area contributed by atoms with Crippen LogP contribution in [0.5, 0.6) is 0 Å². The highest BCUT2D eigenvalue weighted by atomic mass is 127. The second-order valence-corrected chi connectivity index (χ2v) is 8.29. The number of hydrogen-bond donors (Lipinski definition) is 0. The minimum atomic E-state index is -0.354. The van der Waals surface area contributed by atoms with E-state index in [4.69, 9.17) is 14.2 Å². The molecule has 6 atom stereocenters. The number of alkyl halides is 1. The Morgan fingerprint density at radius 3 is 2.81 bits per heavy atom. The number of halogens is 1. The molecule has 1 aromatic carbocycles. The number of carbonyl (C=O) groups excluding carboxylic acids is 1. The molecule has 140 valence electrons. The third kappa shape index (κ3) is 3.27. The van der Waals surface area contributed by atoms with Crippen molar-refractivity contribution in [3.63, 3.8) is 0 Å². The summed E-state index contributed by atoms with van der Waals surface area (Å²) >= 11 is 2.34. The minimum Gasteiger partial charge on any atom is -0.445 e. The van der Waals surface area contributed by atoms with Crippen LogP contribution in [0.4, 0.5) is 4.79 Å². The molecular weight excluding hydrogens is 445 g/mol. The Labute approximate surface area is 167 Å². The largest absolute Gasteiger partial charge is 0.445 e. The third-order valence-corrected chi connectivity index (χ3v) is 6.62. The van der Waals surface area contributed by atoms with Crippen molar-refractivity contribution in [1.82, 2.24) is 4.90 Å². The molecule has 5 nitrogen and oxygen atoms in total. The summed E-state index contributed by atoms with van der Waals surface area (Å²) in [6.07, 6.45) is 0.497. The standard InChI is InChI=1S/C20H24INO4/c1-12(2)15-10-22(20(23)24-11-13-6-4-3-5-7-13)18-14(15)8-16-17(9-21)26-19(18)25-16/h3-7,14-19H,1,8-11H2,2H3/t14-,15-,16-,17-,18+,19-/m0/s1. The van der Waals surface area contributed by atoms with Crippen molar-refractivity contribution in [2.45, 2.75) is 44.5 Å². The third-order valence-electron chi connectivity index (χ3n) is 5.75. The topological polar surface area (TPSA) is 48.0 Å². The average molecular weight is 469 g/mol. The van der Waals surface area contributed by atoms with Gasteiger partial charge in [0.2, 0.25) is 0 Å². The van der Waals surface area contributed by atoms with Crippen molar-refractivity contribution in [2.75, 3.05) is 11.0 Å². The van der Waals surface area contributed by atoms with Gasteiger partial charge in [-0.25, -0.2) is 4.79 Å². The Morgan fingerprint density at radius 1 is 1.35 bits per heavy atom. The Morgan fingerprint density at radius 2 is 2.12 bits per heavy atom. The second-order valence-electron chi connectivity index (χ2n) is 7.41. The van der Waals surface area contributed by atoms with Gasteiger partial charge in [-0.15, -0.1) is 0 Å². The van der Waals surface area contributed by atoms with Crippen LogP contribution < -0.4 is 0 Å². The van der Waals surface area contributed by atoms with Crippen molar-refractivity contribution in [2.24, 2.45) is 11.8 Å². The number of likely N-dealkylation sites (tertiary alicyclic amines) is 1. The molecule has 0 spiro atoms. The van der Waals surface area contributed by atoms with Crippen LogP contribution in [-0.2, 0) is 20.8 Å². The number of fused-ring (bicyclic) bond motifs is 4. The van der Waals surface area contributed by atoms with Gasteiger partial charge in [0.15, 0.2) is 6.29 Å². The highest BCUT2D eigenvalue weighted by Crippen LogP contribution is 2.47. The van der Waals surface area contributed by atoms with Gasteiger partial charge in [0.25, 0.3) is 0 Å². The van der Waals surface area contributed by atoms with Crippen LogP contribution >= 0.6 is 22.6 Å². The molecule has 0 unspecified atom stereocenters. The van der Waals surface area contributed by atoms with Gasteiger partial charge in [0.05, 0.1) is 18.2 Å². The van der Waals surface area contributed by atoms with Gasteiger partial charge in [-0.1, -0.05) is 65.1 Å². The van der Waals surface area contributed by atoms with Crippen LogP contribution in [0, 0.1) is 11.8 Å². The van der Waals surface area contributed by atoms with Crippen molar-refractivity contribution in [3.8, 4) is 0 Å². The van der Waals surface area contributed by atoms with Crippen LogP contribution in [0.2, 0.25) is 0 Å². The SMILES string of the molecule is C=C(C)[C@@H]1CN(C(=O)OCc2ccccc2)[C@H]2[C@@H]3O[C@@H](CI)[C@H](C[C@H]21)O3. The predicted octanol–water partition coefficient (Wildman–Crippen LogP) is 3.76. The predicted molar refractivity (Wildman–Crippen MR) is 106 cm³/mol. The summed E-state index contributed by atoms with van der Waals surface area (Å²) in [6.45, 7) is 7.12. The minimum absolute atomic E-state index is 0.0934. The highest BCUT2D eigenvalue weighted by molar-refractivity contribution is 14.1. The number of amides is 1. The molecule has 6 heteroatoms. The first-order valence-electron chi connectivity index (χ1n) is 9.08. The first-order valence-corrected chi connectivity index (χ1v) is 10.6. The highest BCUT2D eigenvalue weighted by Gasteiger charge is 2.57. The molecule has 3 heterocycles. The molecule has 3 saturated heterocycles. The summed E-state index contributed by atoms with van der Waals surface area (Å²) in [5, 5.41) is 0. The molecule has 0 aromatic heterocycles. The molecule has 3 fully saturated rings. The zero-order valence-electron chi connectivity index (χ0n) is 14.8. The van der Waals surface area contributed by atoms with E-state index in [2.05, 4.69) is 36.1 Å². The lowest BCUT2D eigenvalue weighted by atomic mass is 9.80. The smallest absolute Gasteiger partial charge is 0.410 e. The molecule has 0 N–H and O–H groups in total. The van der Waals surface area contributed by atoms with Crippen LogP contribution in [0.15, 0.2) is 42.5 Å². The second kappa shape index (κ2) is 7.48. The molecule has 26 heavy (non-hydrogen) atoms. The molecule has 3 aliphatic heterocycles. The van der Waals surface area contributed by atoms with Crippen molar-refractivity contribution >= 4 is 28.7 Å². The lowest BCUT2D eigenvalue weighted by molar-refractivity contribution is -0.136. The van der Waals surface area contributed by atoms with Crippen LogP contribution in [0.1, 0.15) is 18.9 Å². The number of hydrogen-bond acceptors (Lipinski definition) is 4. The van der Waals surface area contributed by atoms with Gasteiger partial charge < -0.3 is 14.2 Å². The van der Waals surface area contributed by atoms with Gasteiger partial charge >= 0.3 is 6.09 Å². The lowest BCUT2D eigenvalue weighted by Crippen LogP contribution is -2.49. The van der Waals surface area contributed by atoms with Gasteiger partial charge in [0.1, 0.15) is 6.61 Å². The molecule has 2 bridgehead atoms. The fourth-order valence-electron chi connectivity index (χ4n) is 4.43. The molecule has 0 radical (unpaired) electrons. The summed E-state index contributed by atoms with van der Waals surface area (Å²) in [6, 6.07) is 9.65. The van der Waals surface area contributed by atoms with E-state index in [-0.39, 0.29) is 43.2 Å². The van der Waals surface area contributed by atoms with Crippen LogP contribution in [-0.4, -0.2) is 46.5 Å². The summed E-state index contributed by atoms with van der Waals surface area (Å²) in [5.41, 5.74) is 2.10. The van der Waals surface area contributed by atoms with E-state index in [1.165, 1.54) is 0 Å². The summed E-state index contributed by atoms with van der Waals surface area (Å²) < 4.78 is 18.7. The maximum Gasteiger partial charge on any atom is 0.410 e. The van der Waals surface area contributed by atoms with E-state index in [1.54, 1.807) is 0 Å². The van der Waals surface area contributed by atoms with E-state index < -0.39 is 0 Å². The Bertz CT molecular complexity index is 682.